The molecule has 0 saturated heterocycles. The lowest BCUT2D eigenvalue weighted by atomic mass is 10.2. The van der Waals surface area contributed by atoms with Crippen molar-refractivity contribution in [2.24, 2.45) is 0 Å². The van der Waals surface area contributed by atoms with Gasteiger partial charge in [0.15, 0.2) is 5.65 Å². The molecular weight excluding hydrogens is 296 g/mol. The molecule has 0 aromatic carbocycles. The van der Waals surface area contributed by atoms with E-state index in [1.54, 1.807) is 27.7 Å². The van der Waals surface area contributed by atoms with E-state index in [0.717, 1.165) is 5.56 Å². The number of carbonyl (C=O) groups is 1. The number of alkyl carbamates (subject to hydrolysis) is 1. The van der Waals surface area contributed by atoms with Gasteiger partial charge >= 0.3 is 6.09 Å². The topological polar surface area (TPSA) is 86.7 Å². The van der Waals surface area contributed by atoms with Crippen LogP contribution in [0.15, 0.2) is 24.8 Å². The van der Waals surface area contributed by atoms with E-state index in [1.807, 2.05) is 27.0 Å². The molecule has 3 heterocycles. The van der Waals surface area contributed by atoms with E-state index in [-0.39, 0.29) is 6.54 Å². The molecule has 0 bridgehead atoms. The molecule has 0 unspecified atom stereocenters. The number of carbonyl (C=O) groups excluding carboxylic acids is 1. The van der Waals surface area contributed by atoms with E-state index < -0.39 is 11.7 Å². The normalized spacial score (nSPS) is 11.3. The number of amides is 1. The van der Waals surface area contributed by atoms with Gasteiger partial charge in [0.25, 0.3) is 0 Å². The molecule has 118 valence electrons. The molecule has 3 aromatic rings. The van der Waals surface area contributed by atoms with Gasteiger partial charge in [-0.25, -0.2) is 9.78 Å². The van der Waals surface area contributed by atoms with Crippen LogP contribution in [0.4, 0.5) is 4.79 Å². The van der Waals surface area contributed by atoms with Crippen molar-refractivity contribution in [2.45, 2.75) is 26.4 Å². The summed E-state index contributed by atoms with van der Waals surface area (Å²) in [6.07, 6.45) is 6.30. The van der Waals surface area contributed by atoms with Crippen molar-refractivity contribution in [3.05, 3.63) is 30.4 Å². The first-order valence-corrected chi connectivity index (χ1v) is 7.06. The third kappa shape index (κ3) is 3.40. The summed E-state index contributed by atoms with van der Waals surface area (Å²) in [6, 6.07) is 0. The van der Waals surface area contributed by atoms with Gasteiger partial charge in [-0.05, 0) is 27.0 Å². The third-order valence-corrected chi connectivity index (χ3v) is 2.76. The van der Waals surface area contributed by atoms with E-state index in [0.29, 0.717) is 11.3 Å². The Hall–Kier alpha value is -3.08. The maximum atomic E-state index is 11.5. The molecule has 8 heteroatoms. The molecule has 1 amide bonds. The highest BCUT2D eigenvalue weighted by Crippen LogP contribution is 2.06. The quantitative estimate of drug-likeness (QED) is 0.516. The van der Waals surface area contributed by atoms with Crippen LogP contribution < -0.4 is 15.0 Å². The Morgan fingerprint density at radius 3 is 3.00 bits per heavy atom. The van der Waals surface area contributed by atoms with Crippen LogP contribution in [-0.2, 0) is 4.74 Å². The Bertz CT molecular complexity index is 922. The molecular formula is C15H16N6O2. The highest BCUT2D eigenvalue weighted by atomic mass is 16.6. The summed E-state index contributed by atoms with van der Waals surface area (Å²) in [7, 11) is 0. The summed E-state index contributed by atoms with van der Waals surface area (Å²) in [5.41, 5.74) is 1.47. The van der Waals surface area contributed by atoms with Gasteiger partial charge in [0.05, 0.1) is 12.1 Å². The van der Waals surface area contributed by atoms with Gasteiger partial charge in [0.1, 0.15) is 11.2 Å². The molecule has 0 radical (unpaired) electrons. The summed E-state index contributed by atoms with van der Waals surface area (Å²) in [4.78, 5) is 19.8. The van der Waals surface area contributed by atoms with E-state index in [1.165, 1.54) is 0 Å². The minimum absolute atomic E-state index is 0.202. The van der Waals surface area contributed by atoms with Crippen LogP contribution in [0.1, 0.15) is 26.3 Å². The molecule has 1 N–H and O–H groups in total. The van der Waals surface area contributed by atoms with Crippen LogP contribution in [0.2, 0.25) is 0 Å². The lowest BCUT2D eigenvalue weighted by Crippen LogP contribution is -2.32. The lowest BCUT2D eigenvalue weighted by Gasteiger charge is -2.18. The second kappa shape index (κ2) is 5.61. The number of aromatic nitrogens is 5. The number of hydrogen-bond acceptors (Lipinski definition) is 4. The van der Waals surface area contributed by atoms with Crippen LogP contribution in [0.25, 0.3) is 11.3 Å². The number of ether oxygens (including phenoxy) is 1. The SMILES string of the molecule is CC(C)(C)OC(=O)NCC#Cc1cn2c3nccnc3[n-][n+]2c1. The van der Waals surface area contributed by atoms with E-state index >= 15 is 0 Å². The summed E-state index contributed by atoms with van der Waals surface area (Å²) >= 11 is 0. The summed E-state index contributed by atoms with van der Waals surface area (Å²) < 4.78 is 8.50. The average Bonchev–Trinajstić information content (AvgIpc) is 2.99. The molecule has 3 rings (SSSR count). The molecule has 3 aromatic heterocycles. The smallest absolute Gasteiger partial charge is 0.408 e. The number of nitrogens with zero attached hydrogens (tertiary/aromatic N) is 5. The number of fused-ring (bicyclic) bond motifs is 3. The predicted octanol–water partition coefficient (Wildman–Crippen LogP) is 0.301. The Balaban J connectivity index is 1.67. The van der Waals surface area contributed by atoms with Crippen molar-refractivity contribution in [3.63, 3.8) is 0 Å². The van der Waals surface area contributed by atoms with E-state index in [9.17, 15) is 4.79 Å². The van der Waals surface area contributed by atoms with Gasteiger partial charge in [-0.2, -0.15) is 4.52 Å². The van der Waals surface area contributed by atoms with Crippen LogP contribution in [0.5, 0.6) is 0 Å². The number of nitrogens with one attached hydrogen (secondary N) is 1. The molecule has 0 saturated carbocycles. The van der Waals surface area contributed by atoms with Gasteiger partial charge < -0.3 is 15.0 Å². The van der Waals surface area contributed by atoms with Crippen LogP contribution in [0.3, 0.4) is 0 Å². The van der Waals surface area contributed by atoms with Crippen LogP contribution >= 0.6 is 0 Å². The minimum atomic E-state index is -0.521. The van der Waals surface area contributed by atoms with Crippen LogP contribution in [0, 0.1) is 11.8 Å². The zero-order valence-corrected chi connectivity index (χ0v) is 13.1. The van der Waals surface area contributed by atoms with Gasteiger partial charge in [0.2, 0.25) is 6.20 Å². The lowest BCUT2D eigenvalue weighted by molar-refractivity contribution is -0.674. The van der Waals surface area contributed by atoms with Crippen LogP contribution in [-0.4, -0.2) is 32.7 Å². The Morgan fingerprint density at radius 2 is 2.22 bits per heavy atom. The molecule has 0 atom stereocenters. The Morgan fingerprint density at radius 1 is 1.43 bits per heavy atom. The maximum Gasteiger partial charge on any atom is 0.408 e. The first-order valence-electron chi connectivity index (χ1n) is 7.06. The molecule has 23 heavy (non-hydrogen) atoms. The summed E-state index contributed by atoms with van der Waals surface area (Å²) in [6.45, 7) is 5.63. The van der Waals surface area contributed by atoms with Crippen molar-refractivity contribution in [2.75, 3.05) is 6.54 Å². The van der Waals surface area contributed by atoms with Gasteiger partial charge in [0, 0.05) is 12.4 Å². The zero-order chi connectivity index (χ0) is 16.4. The molecule has 0 fully saturated rings. The maximum absolute atomic E-state index is 11.5. The minimum Gasteiger partial charge on any atom is -0.444 e. The summed E-state index contributed by atoms with van der Waals surface area (Å²) in [5, 5.41) is 6.86. The largest absolute Gasteiger partial charge is 0.444 e. The first kappa shape index (κ1) is 14.8. The van der Waals surface area contributed by atoms with Gasteiger partial charge in [-0.15, -0.1) is 5.10 Å². The first-order chi connectivity index (χ1) is 10.9. The Kier molecular flexibility index (Phi) is 3.62. The number of hydrogen-bond donors (Lipinski definition) is 1. The molecule has 0 aliphatic rings. The molecule has 0 aliphatic carbocycles. The Labute approximate surface area is 132 Å². The second-order valence-electron chi connectivity index (χ2n) is 5.84. The third-order valence-electron chi connectivity index (χ3n) is 2.76. The fourth-order valence-electron chi connectivity index (χ4n) is 1.94. The van der Waals surface area contributed by atoms with Crippen molar-refractivity contribution in [3.8, 4) is 11.8 Å². The number of rotatable bonds is 1. The van der Waals surface area contributed by atoms with E-state index in [4.69, 9.17) is 4.74 Å². The molecule has 0 spiro atoms. The highest BCUT2D eigenvalue weighted by molar-refractivity contribution is 5.68. The average molecular weight is 312 g/mol. The fourth-order valence-corrected chi connectivity index (χ4v) is 1.94. The van der Waals surface area contributed by atoms with Crippen molar-refractivity contribution >= 4 is 17.4 Å². The zero-order valence-electron chi connectivity index (χ0n) is 13.1. The second-order valence-corrected chi connectivity index (χ2v) is 5.84. The van der Waals surface area contributed by atoms with Crippen molar-refractivity contribution < 1.29 is 14.2 Å². The summed E-state index contributed by atoms with van der Waals surface area (Å²) in [5.74, 6) is 5.82. The van der Waals surface area contributed by atoms with Crippen molar-refractivity contribution in [1.29, 1.82) is 0 Å². The van der Waals surface area contributed by atoms with Gasteiger partial charge in [-0.3, -0.25) is 0 Å². The van der Waals surface area contributed by atoms with E-state index in [2.05, 4.69) is 32.2 Å². The van der Waals surface area contributed by atoms with Crippen molar-refractivity contribution in [1.82, 2.24) is 24.9 Å². The monoisotopic (exact) mass is 312 g/mol. The molecule has 8 nitrogen and oxygen atoms in total. The van der Waals surface area contributed by atoms with Gasteiger partial charge in [-0.1, -0.05) is 16.5 Å². The fraction of sp³-hybridized carbons (Fsp3) is 0.333. The molecule has 0 aliphatic heterocycles. The standard InChI is InChI=1S/C15H16N6O2/c1-15(2,3)23-14(22)18-6-4-5-11-9-20-13-12(16-7-8-17-13)19-21(20)10-11/h7-10H,6H2,1-3H3,(H,18,22). The highest BCUT2D eigenvalue weighted by Gasteiger charge is 2.15. The predicted molar refractivity (Wildman–Crippen MR) is 80.6 cm³/mol.